The van der Waals surface area contributed by atoms with E-state index in [4.69, 9.17) is 0 Å². The molecular formula is C29H41N3O4S. The van der Waals surface area contributed by atoms with Crippen LogP contribution in [0.3, 0.4) is 0 Å². The van der Waals surface area contributed by atoms with E-state index in [0.717, 1.165) is 18.5 Å². The highest BCUT2D eigenvalue weighted by molar-refractivity contribution is 7.89. The smallest absolute Gasteiger partial charge is 0.243 e. The second-order valence-corrected chi connectivity index (χ2v) is 12.2. The topological polar surface area (TPSA) is 78.0 Å². The number of hydrogen-bond acceptors (Lipinski definition) is 5. The maximum absolute atomic E-state index is 13.6. The number of piperazine rings is 1. The van der Waals surface area contributed by atoms with E-state index in [-0.39, 0.29) is 10.8 Å². The van der Waals surface area contributed by atoms with Crippen LogP contribution in [-0.4, -0.2) is 62.2 Å². The summed E-state index contributed by atoms with van der Waals surface area (Å²) in [4.78, 5) is 29.9. The number of amides is 2. The van der Waals surface area contributed by atoms with Gasteiger partial charge in [0.2, 0.25) is 21.8 Å². The molecule has 7 nitrogen and oxygen atoms in total. The molecule has 1 aliphatic heterocycles. The van der Waals surface area contributed by atoms with Gasteiger partial charge in [-0.3, -0.25) is 14.5 Å². The molecule has 1 saturated heterocycles. The average Bonchev–Trinajstić information content (AvgIpc) is 2.88. The average molecular weight is 528 g/mol. The summed E-state index contributed by atoms with van der Waals surface area (Å²) in [6.07, 6.45) is 1.45. The molecule has 0 aromatic heterocycles. The van der Waals surface area contributed by atoms with Gasteiger partial charge in [0.15, 0.2) is 0 Å². The van der Waals surface area contributed by atoms with Crippen LogP contribution < -0.4 is 4.90 Å². The summed E-state index contributed by atoms with van der Waals surface area (Å²) >= 11 is 0. The van der Waals surface area contributed by atoms with Crippen LogP contribution in [0.4, 0.5) is 5.69 Å². The second kappa shape index (κ2) is 12.3. The molecular weight excluding hydrogens is 486 g/mol. The Labute approximate surface area is 222 Å². The minimum Gasteiger partial charge on any atom is -0.301 e. The van der Waals surface area contributed by atoms with Crippen molar-refractivity contribution in [1.29, 1.82) is 0 Å². The van der Waals surface area contributed by atoms with Crippen molar-refractivity contribution in [3.63, 3.8) is 0 Å². The Kier molecular flexibility index (Phi) is 9.67. The van der Waals surface area contributed by atoms with Crippen LogP contribution in [-0.2, 0) is 32.5 Å². The number of rotatable bonds is 9. The minimum absolute atomic E-state index is 0.197. The molecule has 37 heavy (non-hydrogen) atoms. The standard InChI is InChI=1S/C29H41N3O4S/c1-7-25-20-27(37(35,36)31-17-15-30(8-2)16-18-31)13-14-28(25)32(23(6)33)29(34)22(5)26-11-9-24(10-12-26)19-21(3)4/h9-14,20-22H,7-8,15-19H2,1-6H3. The van der Waals surface area contributed by atoms with Crippen molar-refractivity contribution < 1.29 is 18.0 Å². The van der Waals surface area contributed by atoms with Crippen molar-refractivity contribution in [3.8, 4) is 0 Å². The van der Waals surface area contributed by atoms with E-state index in [1.54, 1.807) is 19.1 Å². The van der Waals surface area contributed by atoms with Gasteiger partial charge in [-0.15, -0.1) is 0 Å². The first-order chi connectivity index (χ1) is 17.5. The van der Waals surface area contributed by atoms with Gasteiger partial charge in [-0.2, -0.15) is 4.31 Å². The number of carbonyl (C=O) groups is 2. The number of nitrogens with zero attached hydrogens (tertiary/aromatic N) is 3. The first-order valence-corrected chi connectivity index (χ1v) is 14.7. The summed E-state index contributed by atoms with van der Waals surface area (Å²) < 4.78 is 28.2. The predicted octanol–water partition coefficient (Wildman–Crippen LogP) is 4.46. The molecule has 3 rings (SSSR count). The van der Waals surface area contributed by atoms with Crippen molar-refractivity contribution in [2.75, 3.05) is 37.6 Å². The summed E-state index contributed by atoms with van der Waals surface area (Å²) in [6.45, 7) is 14.7. The molecule has 1 heterocycles. The van der Waals surface area contributed by atoms with E-state index in [9.17, 15) is 18.0 Å². The van der Waals surface area contributed by atoms with Gasteiger partial charge in [0.1, 0.15) is 0 Å². The Morgan fingerprint density at radius 2 is 1.57 bits per heavy atom. The summed E-state index contributed by atoms with van der Waals surface area (Å²) in [5, 5.41) is 0. The molecule has 0 radical (unpaired) electrons. The van der Waals surface area contributed by atoms with E-state index < -0.39 is 21.8 Å². The molecule has 1 aliphatic rings. The highest BCUT2D eigenvalue weighted by Crippen LogP contribution is 2.30. The Balaban J connectivity index is 1.88. The quantitative estimate of drug-likeness (QED) is 0.481. The Hall–Kier alpha value is -2.55. The molecule has 1 unspecified atom stereocenters. The van der Waals surface area contributed by atoms with Crippen LogP contribution in [0, 0.1) is 5.92 Å². The van der Waals surface area contributed by atoms with E-state index in [2.05, 4.69) is 25.7 Å². The van der Waals surface area contributed by atoms with Crippen molar-refractivity contribution >= 4 is 27.5 Å². The lowest BCUT2D eigenvalue weighted by molar-refractivity contribution is -0.126. The van der Waals surface area contributed by atoms with Gasteiger partial charge in [-0.25, -0.2) is 8.42 Å². The molecule has 1 fully saturated rings. The number of aryl methyl sites for hydroxylation is 1. The van der Waals surface area contributed by atoms with Crippen molar-refractivity contribution in [2.24, 2.45) is 5.92 Å². The lowest BCUT2D eigenvalue weighted by Gasteiger charge is -2.33. The van der Waals surface area contributed by atoms with Crippen LogP contribution in [0.1, 0.15) is 64.2 Å². The molecule has 2 amide bonds. The van der Waals surface area contributed by atoms with Crippen molar-refractivity contribution in [2.45, 2.75) is 65.2 Å². The van der Waals surface area contributed by atoms with E-state index in [1.807, 2.05) is 31.2 Å². The van der Waals surface area contributed by atoms with Crippen LogP contribution in [0.5, 0.6) is 0 Å². The first-order valence-electron chi connectivity index (χ1n) is 13.3. The molecule has 0 bridgehead atoms. The van der Waals surface area contributed by atoms with E-state index in [0.29, 0.717) is 49.8 Å². The number of sulfonamides is 1. The lowest BCUT2D eigenvalue weighted by Crippen LogP contribution is -2.48. The number of likely N-dealkylation sites (N-methyl/N-ethyl adjacent to an activating group) is 1. The third-order valence-corrected chi connectivity index (χ3v) is 9.01. The van der Waals surface area contributed by atoms with Crippen LogP contribution in [0.15, 0.2) is 47.4 Å². The molecule has 0 saturated carbocycles. The molecule has 0 spiro atoms. The monoisotopic (exact) mass is 527 g/mol. The zero-order chi connectivity index (χ0) is 27.3. The SMILES string of the molecule is CCc1cc(S(=O)(=O)N2CCN(CC)CC2)ccc1N(C(C)=O)C(=O)C(C)c1ccc(CC(C)C)cc1. The molecule has 0 aliphatic carbocycles. The third kappa shape index (κ3) is 6.67. The van der Waals surface area contributed by atoms with Crippen molar-refractivity contribution in [3.05, 3.63) is 59.2 Å². The molecule has 202 valence electrons. The highest BCUT2D eigenvalue weighted by atomic mass is 32.2. The maximum atomic E-state index is 13.6. The molecule has 8 heteroatoms. The normalized spacial score (nSPS) is 16.1. The highest BCUT2D eigenvalue weighted by Gasteiger charge is 2.31. The molecule has 2 aromatic carbocycles. The fraction of sp³-hybridized carbons (Fsp3) is 0.517. The maximum Gasteiger partial charge on any atom is 0.243 e. The Bertz CT molecular complexity index is 1200. The molecule has 2 aromatic rings. The second-order valence-electron chi connectivity index (χ2n) is 10.2. The van der Waals surface area contributed by atoms with Gasteiger partial charge in [-0.1, -0.05) is 52.0 Å². The number of imide groups is 1. The molecule has 1 atom stereocenters. The predicted molar refractivity (Wildman–Crippen MR) is 148 cm³/mol. The number of benzene rings is 2. The molecule has 0 N–H and O–H groups in total. The van der Waals surface area contributed by atoms with E-state index >= 15 is 0 Å². The van der Waals surface area contributed by atoms with Crippen LogP contribution >= 0.6 is 0 Å². The lowest BCUT2D eigenvalue weighted by atomic mass is 9.95. The summed E-state index contributed by atoms with van der Waals surface area (Å²) in [5.74, 6) is -0.710. The van der Waals surface area contributed by atoms with Gasteiger partial charge in [0.05, 0.1) is 16.5 Å². The summed E-state index contributed by atoms with van der Waals surface area (Å²) in [6, 6.07) is 12.7. The third-order valence-electron chi connectivity index (χ3n) is 7.12. The van der Waals surface area contributed by atoms with E-state index in [1.165, 1.54) is 27.8 Å². The van der Waals surface area contributed by atoms with Crippen LogP contribution in [0.25, 0.3) is 0 Å². The minimum atomic E-state index is -3.66. The number of anilines is 1. The van der Waals surface area contributed by atoms with Gasteiger partial charge in [0, 0.05) is 33.1 Å². The zero-order valence-electron chi connectivity index (χ0n) is 23.0. The fourth-order valence-electron chi connectivity index (χ4n) is 4.85. The van der Waals surface area contributed by atoms with Gasteiger partial charge < -0.3 is 4.90 Å². The zero-order valence-corrected chi connectivity index (χ0v) is 23.8. The van der Waals surface area contributed by atoms with Gasteiger partial charge in [0.25, 0.3) is 0 Å². The summed E-state index contributed by atoms with van der Waals surface area (Å²) in [5.41, 5.74) is 3.14. The van der Waals surface area contributed by atoms with Gasteiger partial charge in [-0.05, 0) is 67.1 Å². The van der Waals surface area contributed by atoms with Crippen LogP contribution in [0.2, 0.25) is 0 Å². The first kappa shape index (κ1) is 29.0. The van der Waals surface area contributed by atoms with Gasteiger partial charge >= 0.3 is 0 Å². The number of hydrogen-bond donors (Lipinski definition) is 0. The van der Waals surface area contributed by atoms with Crippen molar-refractivity contribution in [1.82, 2.24) is 9.21 Å². The number of carbonyl (C=O) groups excluding carboxylic acids is 2. The Morgan fingerprint density at radius 3 is 2.08 bits per heavy atom. The largest absolute Gasteiger partial charge is 0.301 e. The Morgan fingerprint density at radius 1 is 0.946 bits per heavy atom. The summed E-state index contributed by atoms with van der Waals surface area (Å²) in [7, 11) is -3.66. The fourth-order valence-corrected chi connectivity index (χ4v) is 6.33.